The number of carbonyl (C=O) groups excluding carboxylic acids is 2. The van der Waals surface area contributed by atoms with Crippen LogP contribution in [0.3, 0.4) is 0 Å². The summed E-state index contributed by atoms with van der Waals surface area (Å²) in [5.74, 6) is 1.95. The molecule has 7 heteroatoms. The number of carbonyl (C=O) groups is 2. The van der Waals surface area contributed by atoms with Crippen LogP contribution in [-0.4, -0.2) is 51.2 Å². The molecule has 5 rings (SSSR count). The lowest BCUT2D eigenvalue weighted by Crippen LogP contribution is -2.50. The predicted octanol–water partition coefficient (Wildman–Crippen LogP) is 2.40. The number of nitrogens with zero attached hydrogens (tertiary/aromatic N) is 4. The average molecular weight is 356 g/mol. The van der Waals surface area contributed by atoms with Crippen molar-refractivity contribution in [1.82, 2.24) is 15.1 Å². The monoisotopic (exact) mass is 356 g/mol. The molecule has 3 unspecified atom stereocenters. The van der Waals surface area contributed by atoms with E-state index in [4.69, 9.17) is 4.52 Å². The first-order valence-electron chi connectivity index (χ1n) is 9.59. The van der Waals surface area contributed by atoms with Gasteiger partial charge in [-0.1, -0.05) is 5.16 Å². The number of likely N-dealkylation sites (tertiary alicyclic amines) is 1. The Morgan fingerprint density at radius 1 is 1.27 bits per heavy atom. The SMILES string of the molecule is CC(=O)N1N=C(C)CC12CCC1CN(C(=O)c3cc(C4CC4)on3)CC12. The van der Waals surface area contributed by atoms with Gasteiger partial charge in [0.25, 0.3) is 5.91 Å². The lowest BCUT2D eigenvalue weighted by atomic mass is 9.81. The van der Waals surface area contributed by atoms with E-state index in [1.54, 1.807) is 11.9 Å². The van der Waals surface area contributed by atoms with Crippen LogP contribution in [0.5, 0.6) is 0 Å². The van der Waals surface area contributed by atoms with Gasteiger partial charge in [-0.3, -0.25) is 9.59 Å². The molecule has 138 valence electrons. The first kappa shape index (κ1) is 16.0. The van der Waals surface area contributed by atoms with Crippen molar-refractivity contribution in [2.24, 2.45) is 16.9 Å². The molecule has 2 aliphatic carbocycles. The Bertz CT molecular complexity index is 811. The van der Waals surface area contributed by atoms with Crippen LogP contribution in [0.2, 0.25) is 0 Å². The molecule has 3 heterocycles. The summed E-state index contributed by atoms with van der Waals surface area (Å²) in [6.45, 7) is 4.98. The van der Waals surface area contributed by atoms with Crippen molar-refractivity contribution in [1.29, 1.82) is 0 Å². The van der Waals surface area contributed by atoms with Crippen LogP contribution in [0.1, 0.15) is 68.1 Å². The molecule has 1 saturated heterocycles. The molecule has 1 aromatic rings. The second kappa shape index (κ2) is 5.41. The van der Waals surface area contributed by atoms with Gasteiger partial charge in [-0.05, 0) is 38.5 Å². The van der Waals surface area contributed by atoms with Crippen LogP contribution < -0.4 is 0 Å². The van der Waals surface area contributed by atoms with Gasteiger partial charge in [0.1, 0.15) is 5.76 Å². The highest BCUT2D eigenvalue weighted by Crippen LogP contribution is 2.52. The normalized spacial score (nSPS) is 33.1. The third-order valence-corrected chi connectivity index (χ3v) is 6.65. The largest absolute Gasteiger partial charge is 0.360 e. The van der Waals surface area contributed by atoms with Crippen LogP contribution in [0.25, 0.3) is 0 Å². The first-order chi connectivity index (χ1) is 12.5. The van der Waals surface area contributed by atoms with Gasteiger partial charge in [0.2, 0.25) is 5.91 Å². The van der Waals surface area contributed by atoms with Crippen LogP contribution in [0, 0.1) is 11.8 Å². The molecule has 4 aliphatic rings. The predicted molar refractivity (Wildman–Crippen MR) is 93.6 cm³/mol. The molecule has 26 heavy (non-hydrogen) atoms. The number of hydrazone groups is 1. The Balaban J connectivity index is 1.36. The Morgan fingerprint density at radius 3 is 2.81 bits per heavy atom. The van der Waals surface area contributed by atoms with E-state index in [0.29, 0.717) is 24.1 Å². The van der Waals surface area contributed by atoms with E-state index in [0.717, 1.165) is 50.1 Å². The molecule has 3 atom stereocenters. The van der Waals surface area contributed by atoms with Crippen molar-refractivity contribution in [3.8, 4) is 0 Å². The zero-order valence-corrected chi connectivity index (χ0v) is 15.3. The van der Waals surface area contributed by atoms with E-state index in [2.05, 4.69) is 10.3 Å². The smallest absolute Gasteiger partial charge is 0.276 e. The minimum atomic E-state index is -0.237. The van der Waals surface area contributed by atoms with E-state index in [9.17, 15) is 9.59 Å². The molecule has 0 bridgehead atoms. The minimum absolute atomic E-state index is 0.00199. The fourth-order valence-electron chi connectivity index (χ4n) is 5.36. The Hall–Kier alpha value is -2.18. The number of rotatable bonds is 2. The van der Waals surface area contributed by atoms with E-state index in [1.165, 1.54) is 0 Å². The maximum atomic E-state index is 12.9. The van der Waals surface area contributed by atoms with Crippen LogP contribution in [-0.2, 0) is 4.79 Å². The quantitative estimate of drug-likeness (QED) is 0.815. The summed E-state index contributed by atoms with van der Waals surface area (Å²) in [6, 6.07) is 1.81. The highest BCUT2D eigenvalue weighted by molar-refractivity contribution is 5.93. The molecule has 2 aliphatic heterocycles. The average Bonchev–Trinajstić information content (AvgIpc) is 3.00. The number of hydrogen-bond acceptors (Lipinski definition) is 5. The van der Waals surface area contributed by atoms with E-state index in [-0.39, 0.29) is 23.3 Å². The van der Waals surface area contributed by atoms with Crippen LogP contribution >= 0.6 is 0 Å². The highest BCUT2D eigenvalue weighted by atomic mass is 16.5. The number of aromatic nitrogens is 1. The summed E-state index contributed by atoms with van der Waals surface area (Å²) in [7, 11) is 0. The molecule has 7 nitrogen and oxygen atoms in total. The minimum Gasteiger partial charge on any atom is -0.360 e. The lowest BCUT2D eigenvalue weighted by molar-refractivity contribution is -0.135. The van der Waals surface area contributed by atoms with E-state index < -0.39 is 0 Å². The van der Waals surface area contributed by atoms with Gasteiger partial charge in [-0.15, -0.1) is 0 Å². The van der Waals surface area contributed by atoms with Crippen molar-refractivity contribution in [3.05, 3.63) is 17.5 Å². The summed E-state index contributed by atoms with van der Waals surface area (Å²) in [5.41, 5.74) is 1.19. The molecule has 2 amide bonds. The zero-order chi connectivity index (χ0) is 18.1. The Kier molecular flexibility index (Phi) is 3.33. The second-order valence-electron chi connectivity index (χ2n) is 8.45. The number of fused-ring (bicyclic) bond motifs is 2. The molecule has 2 saturated carbocycles. The molecule has 1 spiro atoms. The molecule has 0 N–H and O–H groups in total. The van der Waals surface area contributed by atoms with Crippen molar-refractivity contribution in [2.45, 2.75) is 57.4 Å². The van der Waals surface area contributed by atoms with Gasteiger partial charge >= 0.3 is 0 Å². The Morgan fingerprint density at radius 2 is 2.08 bits per heavy atom. The van der Waals surface area contributed by atoms with Crippen molar-refractivity contribution in [2.75, 3.05) is 13.1 Å². The van der Waals surface area contributed by atoms with E-state index >= 15 is 0 Å². The maximum absolute atomic E-state index is 12.9. The third kappa shape index (κ3) is 2.25. The number of hydrogen-bond donors (Lipinski definition) is 0. The summed E-state index contributed by atoms with van der Waals surface area (Å²) >= 11 is 0. The first-order valence-corrected chi connectivity index (χ1v) is 9.59. The van der Waals surface area contributed by atoms with Gasteiger partial charge in [0.15, 0.2) is 5.69 Å². The third-order valence-electron chi connectivity index (χ3n) is 6.65. The van der Waals surface area contributed by atoms with Gasteiger partial charge in [-0.25, -0.2) is 5.01 Å². The highest BCUT2D eigenvalue weighted by Gasteiger charge is 2.59. The molecular formula is C19H24N4O3. The zero-order valence-electron chi connectivity index (χ0n) is 15.3. The molecule has 0 aromatic carbocycles. The fourth-order valence-corrected chi connectivity index (χ4v) is 5.36. The maximum Gasteiger partial charge on any atom is 0.276 e. The van der Waals surface area contributed by atoms with Gasteiger partial charge in [-0.2, -0.15) is 5.10 Å². The summed E-state index contributed by atoms with van der Waals surface area (Å²) in [5, 5.41) is 10.2. The molecule has 0 radical (unpaired) electrons. The fraction of sp³-hybridized carbons (Fsp3) is 0.684. The van der Waals surface area contributed by atoms with Gasteiger partial charge in [0, 0.05) is 50.0 Å². The van der Waals surface area contributed by atoms with Gasteiger partial charge in [0.05, 0.1) is 5.54 Å². The molecular weight excluding hydrogens is 332 g/mol. The van der Waals surface area contributed by atoms with Gasteiger partial charge < -0.3 is 9.42 Å². The topological polar surface area (TPSA) is 79.0 Å². The summed E-state index contributed by atoms with van der Waals surface area (Å²) in [4.78, 5) is 27.0. The standard InChI is InChI=1S/C19H24N4O3/c1-11-8-19(23(20-11)12(2)24)6-5-14-9-22(10-15(14)19)18(25)16-7-17(26-21-16)13-3-4-13/h7,13-15H,3-6,8-10H2,1-2H3. The van der Waals surface area contributed by atoms with Crippen molar-refractivity contribution >= 4 is 17.5 Å². The van der Waals surface area contributed by atoms with Crippen molar-refractivity contribution in [3.63, 3.8) is 0 Å². The Labute approximate surface area is 152 Å². The van der Waals surface area contributed by atoms with E-state index in [1.807, 2.05) is 17.9 Å². The summed E-state index contributed by atoms with van der Waals surface area (Å²) in [6.07, 6.45) is 5.08. The van der Waals surface area contributed by atoms with Crippen LogP contribution in [0.15, 0.2) is 15.7 Å². The second-order valence-corrected chi connectivity index (χ2v) is 8.45. The van der Waals surface area contributed by atoms with Crippen LogP contribution in [0.4, 0.5) is 0 Å². The molecule has 3 fully saturated rings. The lowest BCUT2D eigenvalue weighted by Gasteiger charge is -2.37. The summed E-state index contributed by atoms with van der Waals surface area (Å²) < 4.78 is 5.35. The number of amides is 2. The molecule has 1 aromatic heterocycles. The van der Waals surface area contributed by atoms with Crippen molar-refractivity contribution < 1.29 is 14.1 Å².